The largest absolute Gasteiger partial charge is 0.289 e. The predicted molar refractivity (Wildman–Crippen MR) is 109 cm³/mol. The third kappa shape index (κ3) is 5.25. The van der Waals surface area contributed by atoms with Crippen molar-refractivity contribution in [2.45, 2.75) is 0 Å². The molecule has 0 atom stereocenters. The minimum Gasteiger partial charge on any atom is -0.289 e. The maximum Gasteiger partial charge on any atom is 0.186 e. The fraction of sp³-hybridized carbons (Fsp3) is 0. The highest BCUT2D eigenvalue weighted by atomic mass is 16.1. The minimum atomic E-state index is -0.254. The first-order valence-corrected chi connectivity index (χ1v) is 8.19. The molecule has 0 fully saturated rings. The number of rotatable bonds is 5. The van der Waals surface area contributed by atoms with Gasteiger partial charge in [-0.25, -0.2) is 0 Å². The van der Waals surface area contributed by atoms with Gasteiger partial charge in [0, 0.05) is 11.1 Å². The Hall–Kier alpha value is -3.52. The molecule has 0 aliphatic heterocycles. The van der Waals surface area contributed by atoms with Crippen molar-refractivity contribution in [2.75, 3.05) is 0 Å². The van der Waals surface area contributed by atoms with Crippen molar-refractivity contribution in [2.24, 2.45) is 0 Å². The van der Waals surface area contributed by atoms with Gasteiger partial charge in [-0.1, -0.05) is 86.0 Å². The first kappa shape index (κ1) is 18.8. The van der Waals surface area contributed by atoms with Crippen LogP contribution in [0.15, 0.2) is 109 Å². The summed E-state index contributed by atoms with van der Waals surface area (Å²) in [5.74, 6) is -0.497. The van der Waals surface area contributed by atoms with Crippen molar-refractivity contribution in [3.63, 3.8) is 0 Å². The highest BCUT2D eigenvalue weighted by Gasteiger charge is 2.13. The smallest absolute Gasteiger partial charge is 0.186 e. The Morgan fingerprint density at radius 2 is 1.35 bits per heavy atom. The molecule has 0 saturated carbocycles. The van der Waals surface area contributed by atoms with Crippen molar-refractivity contribution in [1.29, 1.82) is 0 Å². The number of hydrogen-bond donors (Lipinski definition) is 0. The second-order valence-electron chi connectivity index (χ2n) is 5.46. The Kier molecular flexibility index (Phi) is 7.02. The second-order valence-corrected chi connectivity index (χ2v) is 5.46. The van der Waals surface area contributed by atoms with Gasteiger partial charge in [-0.2, -0.15) is 0 Å². The fourth-order valence-electron chi connectivity index (χ4n) is 2.37. The molecule has 1 aromatic rings. The number of carbonyl (C=O) groups is 2. The van der Waals surface area contributed by atoms with Gasteiger partial charge >= 0.3 is 0 Å². The minimum absolute atomic E-state index is 0.243. The van der Waals surface area contributed by atoms with E-state index in [0.29, 0.717) is 5.57 Å². The van der Waals surface area contributed by atoms with Gasteiger partial charge < -0.3 is 0 Å². The van der Waals surface area contributed by atoms with Gasteiger partial charge in [0.15, 0.2) is 11.6 Å². The van der Waals surface area contributed by atoms with Gasteiger partial charge in [0.05, 0.1) is 0 Å². The van der Waals surface area contributed by atoms with E-state index < -0.39 is 0 Å². The van der Waals surface area contributed by atoms with E-state index in [1.54, 1.807) is 36.5 Å². The van der Waals surface area contributed by atoms with E-state index in [2.05, 4.69) is 13.2 Å². The van der Waals surface area contributed by atoms with Gasteiger partial charge in [0.2, 0.25) is 0 Å². The zero-order valence-corrected chi connectivity index (χ0v) is 14.5. The maximum absolute atomic E-state index is 12.5. The lowest BCUT2D eigenvalue weighted by Crippen LogP contribution is -2.06. The number of allylic oxidation sites excluding steroid dienone is 12. The molecule has 0 aromatic heterocycles. The third-order valence-electron chi connectivity index (χ3n) is 3.63. The van der Waals surface area contributed by atoms with Gasteiger partial charge in [-0.3, -0.25) is 9.59 Å². The molecule has 0 heterocycles. The average molecular weight is 340 g/mol. The SMILES string of the molecule is C=C/C=C\c1cccc(/C=C/C2=C(\C=C)C(=O)/C=C/C=C\C=C\C2=O)c1. The number of hydrogen-bond acceptors (Lipinski definition) is 2. The molecule has 0 bridgehead atoms. The molecule has 2 rings (SSSR count). The maximum atomic E-state index is 12.5. The lowest BCUT2D eigenvalue weighted by atomic mass is 9.97. The quantitative estimate of drug-likeness (QED) is 0.690. The summed E-state index contributed by atoms with van der Waals surface area (Å²) in [6, 6.07) is 7.82. The highest BCUT2D eigenvalue weighted by molar-refractivity contribution is 6.17. The fourth-order valence-corrected chi connectivity index (χ4v) is 2.37. The standard InChI is InChI=1S/C24H20O2/c1-3-5-11-19-12-10-13-20(18-19)16-17-22-21(4-2)23(25)14-8-6-7-9-15-24(22)26/h3-18H,1-2H2/b7-6-,11-5-,14-8+,15-9+,17-16+,22-21-. The van der Waals surface area contributed by atoms with Crippen LogP contribution in [0.25, 0.3) is 12.2 Å². The molecule has 0 saturated heterocycles. The Morgan fingerprint density at radius 3 is 1.96 bits per heavy atom. The molecule has 2 heteroatoms. The zero-order chi connectivity index (χ0) is 18.8. The second kappa shape index (κ2) is 9.70. The normalized spacial score (nSPS) is 21.7. The Bertz CT molecular complexity index is 900. The van der Waals surface area contributed by atoms with Crippen LogP contribution in [0, 0.1) is 0 Å². The summed E-state index contributed by atoms with van der Waals surface area (Å²) in [6.07, 6.45) is 20.0. The van der Waals surface area contributed by atoms with Gasteiger partial charge in [0.1, 0.15) is 0 Å². The van der Waals surface area contributed by atoms with Crippen molar-refractivity contribution < 1.29 is 9.59 Å². The summed E-state index contributed by atoms with van der Waals surface area (Å²) in [6.45, 7) is 7.35. The summed E-state index contributed by atoms with van der Waals surface area (Å²) >= 11 is 0. The first-order valence-electron chi connectivity index (χ1n) is 8.19. The molecule has 0 N–H and O–H groups in total. The first-order chi connectivity index (χ1) is 12.7. The van der Waals surface area contributed by atoms with E-state index in [4.69, 9.17) is 0 Å². The molecule has 26 heavy (non-hydrogen) atoms. The van der Waals surface area contributed by atoms with Gasteiger partial charge in [-0.05, 0) is 35.4 Å². The van der Waals surface area contributed by atoms with Crippen molar-refractivity contribution >= 4 is 23.7 Å². The lowest BCUT2D eigenvalue weighted by molar-refractivity contribution is -0.113. The van der Waals surface area contributed by atoms with Crippen molar-refractivity contribution in [1.82, 2.24) is 0 Å². The van der Waals surface area contributed by atoms with E-state index in [0.717, 1.165) is 11.1 Å². The number of ketones is 2. The molecule has 1 aliphatic carbocycles. The molecule has 1 aliphatic rings. The van der Waals surface area contributed by atoms with Gasteiger partial charge in [0.25, 0.3) is 0 Å². The molecule has 0 radical (unpaired) electrons. The van der Waals surface area contributed by atoms with Crippen LogP contribution in [0.3, 0.4) is 0 Å². The van der Waals surface area contributed by atoms with Crippen LogP contribution in [-0.2, 0) is 9.59 Å². The van der Waals surface area contributed by atoms with Crippen LogP contribution < -0.4 is 0 Å². The summed E-state index contributed by atoms with van der Waals surface area (Å²) in [5, 5.41) is 0. The Labute approximate surface area is 154 Å². The van der Waals surface area contributed by atoms with Crippen LogP contribution in [0.2, 0.25) is 0 Å². The molecule has 2 nitrogen and oxygen atoms in total. The van der Waals surface area contributed by atoms with Crippen LogP contribution in [0.4, 0.5) is 0 Å². The summed E-state index contributed by atoms with van der Waals surface area (Å²) < 4.78 is 0. The molecule has 0 amide bonds. The molecule has 0 spiro atoms. The molecule has 1 aromatic carbocycles. The van der Waals surface area contributed by atoms with Crippen LogP contribution in [-0.4, -0.2) is 11.6 Å². The van der Waals surface area contributed by atoms with Crippen molar-refractivity contribution in [3.05, 3.63) is 120 Å². The zero-order valence-electron chi connectivity index (χ0n) is 14.5. The van der Waals surface area contributed by atoms with E-state index in [1.165, 1.54) is 18.2 Å². The Balaban J connectivity index is 2.45. The molecular formula is C24H20O2. The van der Waals surface area contributed by atoms with E-state index in [-0.39, 0.29) is 17.1 Å². The molecule has 0 unspecified atom stereocenters. The topological polar surface area (TPSA) is 34.1 Å². The van der Waals surface area contributed by atoms with E-state index in [1.807, 2.05) is 42.5 Å². The monoisotopic (exact) mass is 340 g/mol. The van der Waals surface area contributed by atoms with Gasteiger partial charge in [-0.15, -0.1) is 0 Å². The van der Waals surface area contributed by atoms with Crippen LogP contribution in [0.5, 0.6) is 0 Å². The highest BCUT2D eigenvalue weighted by Crippen LogP contribution is 2.16. The van der Waals surface area contributed by atoms with E-state index >= 15 is 0 Å². The third-order valence-corrected chi connectivity index (χ3v) is 3.63. The van der Waals surface area contributed by atoms with Crippen LogP contribution >= 0.6 is 0 Å². The lowest BCUT2D eigenvalue weighted by Gasteiger charge is -2.05. The van der Waals surface area contributed by atoms with E-state index in [9.17, 15) is 9.59 Å². The Morgan fingerprint density at radius 1 is 0.731 bits per heavy atom. The number of carbonyl (C=O) groups excluding carboxylic acids is 2. The summed E-state index contributed by atoms with van der Waals surface area (Å²) in [5.41, 5.74) is 2.54. The molecular weight excluding hydrogens is 320 g/mol. The van der Waals surface area contributed by atoms with Crippen molar-refractivity contribution in [3.8, 4) is 0 Å². The predicted octanol–water partition coefficient (Wildman–Crippen LogP) is 5.20. The summed E-state index contributed by atoms with van der Waals surface area (Å²) in [4.78, 5) is 24.8. The summed E-state index contributed by atoms with van der Waals surface area (Å²) in [7, 11) is 0. The number of benzene rings is 1. The van der Waals surface area contributed by atoms with Crippen LogP contribution in [0.1, 0.15) is 11.1 Å². The average Bonchev–Trinajstić information content (AvgIpc) is 2.65. The molecule has 128 valence electrons.